The summed E-state index contributed by atoms with van der Waals surface area (Å²) < 4.78 is 43.6. The van der Waals surface area contributed by atoms with Crippen LogP contribution in [0, 0.1) is 0 Å². The summed E-state index contributed by atoms with van der Waals surface area (Å²) >= 11 is 0. The Labute approximate surface area is 85.8 Å². The molecule has 0 bridgehead atoms. The van der Waals surface area contributed by atoms with Crippen molar-refractivity contribution in [2.45, 2.75) is 32.2 Å². The predicted octanol–water partition coefficient (Wildman–Crippen LogP) is 1.60. The van der Waals surface area contributed by atoms with Gasteiger partial charge in [0.2, 0.25) is 8.03 Å². The average molecular weight is 244 g/mol. The smallest absolute Gasteiger partial charge is 0.279 e. The molecule has 0 saturated heterocycles. The monoisotopic (exact) mass is 244 g/mol. The zero-order chi connectivity index (χ0) is 11.2. The molecule has 2 unspecified atom stereocenters. The van der Waals surface area contributed by atoms with Crippen molar-refractivity contribution < 1.29 is 21.7 Å². The number of rotatable bonds is 7. The molecule has 0 heterocycles. The predicted molar refractivity (Wildman–Crippen MR) is 55.3 cm³/mol. The highest BCUT2D eigenvalue weighted by Gasteiger charge is 2.30. The first-order valence-corrected chi connectivity index (χ1v) is 7.40. The van der Waals surface area contributed by atoms with E-state index in [0.717, 1.165) is 0 Å². The van der Waals surface area contributed by atoms with Crippen LogP contribution in [-0.4, -0.2) is 26.6 Å². The van der Waals surface area contributed by atoms with Gasteiger partial charge in [-0.2, -0.15) is 8.42 Å². The van der Waals surface area contributed by atoms with Crippen LogP contribution in [0.4, 0.5) is 0 Å². The normalized spacial score (nSPS) is 16.5. The van der Waals surface area contributed by atoms with E-state index in [1.54, 1.807) is 20.8 Å². The van der Waals surface area contributed by atoms with Gasteiger partial charge in [0.15, 0.2) is 4.99 Å². The molecule has 0 spiro atoms. The van der Waals surface area contributed by atoms with Crippen molar-refractivity contribution in [3.05, 3.63) is 0 Å². The molecule has 86 valence electrons. The molecule has 7 heteroatoms. The Kier molecular flexibility index (Phi) is 6.61. The van der Waals surface area contributed by atoms with E-state index in [4.69, 9.17) is 4.52 Å². The molecule has 0 aliphatic heterocycles. The lowest BCUT2D eigenvalue weighted by atomic mass is 10.6. The third-order valence-corrected chi connectivity index (χ3v) is 6.10. The van der Waals surface area contributed by atoms with Crippen LogP contribution in [0.1, 0.15) is 27.2 Å². The fourth-order valence-corrected chi connectivity index (χ4v) is 4.03. The Bertz CT molecular complexity index is 274. The summed E-state index contributed by atoms with van der Waals surface area (Å²) in [7, 11) is -6.31. The van der Waals surface area contributed by atoms with Crippen molar-refractivity contribution in [3.8, 4) is 0 Å². The Morgan fingerprint density at radius 2 is 1.79 bits per heavy atom. The Hall–Kier alpha value is 0.100. The van der Waals surface area contributed by atoms with Gasteiger partial charge in [-0.05, 0) is 20.3 Å². The zero-order valence-corrected chi connectivity index (χ0v) is 10.5. The first-order chi connectivity index (χ1) is 6.49. The molecule has 0 aliphatic carbocycles. The number of hydrogen-bond acceptors (Lipinski definition) is 5. The van der Waals surface area contributed by atoms with Crippen LogP contribution in [0.2, 0.25) is 0 Å². The molecule has 0 N–H and O–H groups in total. The van der Waals surface area contributed by atoms with Crippen LogP contribution < -0.4 is 0 Å². The van der Waals surface area contributed by atoms with Gasteiger partial charge in [-0.1, -0.05) is 6.92 Å². The van der Waals surface area contributed by atoms with Gasteiger partial charge in [0, 0.05) is 0 Å². The molecule has 0 saturated carbocycles. The van der Waals surface area contributed by atoms with Gasteiger partial charge >= 0.3 is 0 Å². The molecule has 0 aromatic heterocycles. The highest BCUT2D eigenvalue weighted by atomic mass is 32.2. The van der Waals surface area contributed by atoms with Crippen molar-refractivity contribution in [2.75, 3.05) is 13.2 Å². The minimum absolute atomic E-state index is 0.0557. The Morgan fingerprint density at radius 3 is 2.14 bits per heavy atom. The Morgan fingerprint density at radius 1 is 1.21 bits per heavy atom. The summed E-state index contributed by atoms with van der Waals surface area (Å²) in [6.45, 7) is 5.18. The maximum atomic E-state index is 11.4. The van der Waals surface area contributed by atoms with Gasteiger partial charge < -0.3 is 4.52 Å². The minimum atomic E-state index is -3.74. The fourth-order valence-electron chi connectivity index (χ4n) is 0.970. The quantitative estimate of drug-likeness (QED) is 0.502. The van der Waals surface area contributed by atoms with Crippen LogP contribution in [-0.2, 0) is 23.4 Å². The molecule has 14 heavy (non-hydrogen) atoms. The highest BCUT2D eigenvalue weighted by Crippen LogP contribution is 2.35. The van der Waals surface area contributed by atoms with Crippen LogP contribution in [0.5, 0.6) is 0 Å². The van der Waals surface area contributed by atoms with E-state index in [1.165, 1.54) is 0 Å². The summed E-state index contributed by atoms with van der Waals surface area (Å²) in [4.78, 5) is -1.02. The van der Waals surface area contributed by atoms with E-state index in [2.05, 4.69) is 4.18 Å². The topological polar surface area (TPSA) is 69.7 Å². The summed E-state index contributed by atoms with van der Waals surface area (Å²) in [5, 5.41) is 0. The Balaban J connectivity index is 4.63. The van der Waals surface area contributed by atoms with Crippen LogP contribution in [0.3, 0.4) is 0 Å². The molecule has 0 rings (SSSR count). The lowest BCUT2D eigenvalue weighted by Crippen LogP contribution is -2.20. The molecule has 0 amide bonds. The van der Waals surface area contributed by atoms with Gasteiger partial charge in [0.05, 0.1) is 13.2 Å². The maximum absolute atomic E-state index is 11.4. The average Bonchev–Trinajstić information content (AvgIpc) is 2.04. The maximum Gasteiger partial charge on any atom is 0.279 e. The SMILES string of the molecule is CCO[PH](=O)C(CC)S(=O)(=O)OCC. The second-order valence-electron chi connectivity index (χ2n) is 2.55. The van der Waals surface area contributed by atoms with Crippen LogP contribution >= 0.6 is 8.03 Å². The van der Waals surface area contributed by atoms with E-state index >= 15 is 0 Å². The van der Waals surface area contributed by atoms with Crippen molar-refractivity contribution in [1.82, 2.24) is 0 Å². The second kappa shape index (κ2) is 6.56. The molecular weight excluding hydrogens is 227 g/mol. The van der Waals surface area contributed by atoms with Crippen molar-refractivity contribution in [3.63, 3.8) is 0 Å². The van der Waals surface area contributed by atoms with Gasteiger partial charge in [0.1, 0.15) is 0 Å². The molecule has 0 fully saturated rings. The van der Waals surface area contributed by atoms with Gasteiger partial charge in [-0.15, -0.1) is 0 Å². The standard InChI is InChI=1S/C7H17O5PS/c1-4-7(13(8)11-5-2)14(9,10)12-6-3/h7,13H,4-6H2,1-3H3. The minimum Gasteiger partial charge on any atom is -0.330 e. The molecule has 0 aliphatic rings. The van der Waals surface area contributed by atoms with E-state index < -0.39 is 23.1 Å². The summed E-state index contributed by atoms with van der Waals surface area (Å²) in [6.07, 6.45) is 0.236. The van der Waals surface area contributed by atoms with Crippen molar-refractivity contribution in [2.24, 2.45) is 0 Å². The molecular formula is C7H17O5PS. The summed E-state index contributed by atoms with van der Waals surface area (Å²) in [6, 6.07) is 0. The van der Waals surface area contributed by atoms with Gasteiger partial charge in [-0.3, -0.25) is 8.75 Å². The second-order valence-corrected chi connectivity index (χ2v) is 6.38. The first kappa shape index (κ1) is 14.1. The summed E-state index contributed by atoms with van der Waals surface area (Å²) in [5.41, 5.74) is 0. The highest BCUT2D eigenvalue weighted by molar-refractivity contribution is 7.93. The van der Waals surface area contributed by atoms with Crippen molar-refractivity contribution in [1.29, 1.82) is 0 Å². The van der Waals surface area contributed by atoms with Gasteiger partial charge in [0.25, 0.3) is 10.1 Å². The molecule has 0 aromatic rings. The third-order valence-electron chi connectivity index (χ3n) is 1.55. The summed E-state index contributed by atoms with van der Waals surface area (Å²) in [5.74, 6) is 0. The van der Waals surface area contributed by atoms with Gasteiger partial charge in [-0.25, -0.2) is 0 Å². The third kappa shape index (κ3) is 4.09. The largest absolute Gasteiger partial charge is 0.330 e. The van der Waals surface area contributed by atoms with E-state index in [0.29, 0.717) is 0 Å². The molecule has 0 radical (unpaired) electrons. The van der Waals surface area contributed by atoms with E-state index in [1.807, 2.05) is 0 Å². The molecule has 0 aromatic carbocycles. The molecule has 5 nitrogen and oxygen atoms in total. The van der Waals surface area contributed by atoms with Crippen LogP contribution in [0.25, 0.3) is 0 Å². The van der Waals surface area contributed by atoms with Crippen LogP contribution in [0.15, 0.2) is 0 Å². The lowest BCUT2D eigenvalue weighted by molar-refractivity contribution is 0.324. The molecule has 2 atom stereocenters. The van der Waals surface area contributed by atoms with E-state index in [9.17, 15) is 13.0 Å². The lowest BCUT2D eigenvalue weighted by Gasteiger charge is -2.14. The fraction of sp³-hybridized carbons (Fsp3) is 1.00. The van der Waals surface area contributed by atoms with Crippen molar-refractivity contribution >= 4 is 18.1 Å². The zero-order valence-electron chi connectivity index (χ0n) is 8.65. The first-order valence-electron chi connectivity index (χ1n) is 4.54. The van der Waals surface area contributed by atoms with E-state index in [-0.39, 0.29) is 19.6 Å². The number of hydrogen-bond donors (Lipinski definition) is 0.